The Bertz CT molecular complexity index is 443. The first-order valence-corrected chi connectivity index (χ1v) is 4.72. The summed E-state index contributed by atoms with van der Waals surface area (Å²) in [6.07, 6.45) is -0.503. The van der Waals surface area contributed by atoms with Gasteiger partial charge in [0.25, 0.3) is 0 Å². The highest BCUT2D eigenvalue weighted by Crippen LogP contribution is 2.16. The quantitative estimate of drug-likeness (QED) is 0.704. The van der Waals surface area contributed by atoms with Crippen molar-refractivity contribution >= 4 is 11.8 Å². The van der Waals surface area contributed by atoms with Crippen molar-refractivity contribution in [2.75, 3.05) is 19.0 Å². The molecular weight excluding hydrogens is 206 g/mol. The van der Waals surface area contributed by atoms with Gasteiger partial charge in [-0.25, -0.2) is 4.79 Å². The second-order valence-corrected chi connectivity index (χ2v) is 3.11. The first-order chi connectivity index (χ1) is 7.67. The maximum Gasteiger partial charge on any atom is 0.411 e. The highest BCUT2D eigenvalue weighted by molar-refractivity contribution is 5.85. The summed E-state index contributed by atoms with van der Waals surface area (Å²) in [5, 5.41) is 11.1. The molecule has 1 amide bonds. The van der Waals surface area contributed by atoms with Crippen LogP contribution in [0.5, 0.6) is 0 Å². The molecule has 0 heterocycles. The maximum absolute atomic E-state index is 11.0. The number of carbonyl (C=O) groups is 1. The van der Waals surface area contributed by atoms with Crippen molar-refractivity contribution in [2.45, 2.75) is 6.92 Å². The van der Waals surface area contributed by atoms with E-state index in [1.54, 1.807) is 12.1 Å². The molecule has 0 aliphatic rings. The Balaban J connectivity index is 2.87. The van der Waals surface area contributed by atoms with E-state index >= 15 is 0 Å². The minimum Gasteiger partial charge on any atom is -0.453 e. The van der Waals surface area contributed by atoms with Gasteiger partial charge in [0.2, 0.25) is 0 Å². The van der Waals surface area contributed by atoms with Gasteiger partial charge in [0.15, 0.2) is 0 Å². The fraction of sp³-hybridized carbons (Fsp3) is 0.250. The summed E-state index contributed by atoms with van der Waals surface area (Å²) < 4.78 is 4.49. The molecule has 0 aliphatic carbocycles. The number of hydrogen-bond donors (Lipinski definition) is 2. The molecule has 0 aromatic heterocycles. The first-order valence-electron chi connectivity index (χ1n) is 4.72. The number of nitrogens with one attached hydrogen (secondary N) is 1. The Morgan fingerprint density at radius 3 is 2.88 bits per heavy atom. The van der Waals surface area contributed by atoms with Gasteiger partial charge >= 0.3 is 6.09 Å². The largest absolute Gasteiger partial charge is 0.453 e. The molecule has 1 aromatic carbocycles. The second-order valence-electron chi connectivity index (χ2n) is 3.11. The van der Waals surface area contributed by atoms with E-state index < -0.39 is 6.09 Å². The minimum absolute atomic E-state index is 0.165. The Morgan fingerprint density at radius 2 is 2.31 bits per heavy atom. The van der Waals surface area contributed by atoms with Crippen molar-refractivity contribution in [3.05, 3.63) is 29.3 Å². The Hall–Kier alpha value is -1.99. The van der Waals surface area contributed by atoms with E-state index in [9.17, 15) is 4.79 Å². The molecule has 0 aliphatic heterocycles. The van der Waals surface area contributed by atoms with Crippen LogP contribution in [-0.2, 0) is 4.74 Å². The van der Waals surface area contributed by atoms with Crippen molar-refractivity contribution in [3.63, 3.8) is 0 Å². The summed E-state index contributed by atoms with van der Waals surface area (Å²) in [6.45, 7) is 1.69. The molecule has 0 atom stereocenters. The molecule has 0 saturated carbocycles. The summed E-state index contributed by atoms with van der Waals surface area (Å²) in [4.78, 5) is 11.0. The number of amides is 1. The van der Waals surface area contributed by atoms with Crippen LogP contribution >= 0.6 is 0 Å². The lowest BCUT2D eigenvalue weighted by Crippen LogP contribution is -2.11. The maximum atomic E-state index is 11.0. The molecule has 0 saturated heterocycles. The summed E-state index contributed by atoms with van der Waals surface area (Å²) in [5.41, 5.74) is 2.36. The molecule has 4 nitrogen and oxygen atoms in total. The number of aryl methyl sites for hydroxylation is 1. The van der Waals surface area contributed by atoms with Crippen molar-refractivity contribution in [1.29, 1.82) is 0 Å². The zero-order chi connectivity index (χ0) is 12.0. The predicted molar refractivity (Wildman–Crippen MR) is 61.2 cm³/mol. The summed E-state index contributed by atoms with van der Waals surface area (Å²) in [7, 11) is 1.31. The van der Waals surface area contributed by atoms with Gasteiger partial charge in [-0.2, -0.15) is 0 Å². The lowest BCUT2D eigenvalue weighted by Gasteiger charge is -2.07. The molecule has 0 bridgehead atoms. The topological polar surface area (TPSA) is 58.6 Å². The van der Waals surface area contributed by atoms with Gasteiger partial charge in [0.05, 0.1) is 7.11 Å². The third kappa shape index (κ3) is 3.30. The number of methoxy groups -OCH3 is 1. The molecular formula is C12H13NO3. The van der Waals surface area contributed by atoms with Gasteiger partial charge in [-0.3, -0.25) is 5.32 Å². The van der Waals surface area contributed by atoms with E-state index in [2.05, 4.69) is 21.9 Å². The monoisotopic (exact) mass is 219 g/mol. The molecule has 0 radical (unpaired) electrons. The van der Waals surface area contributed by atoms with Crippen LogP contribution in [0.25, 0.3) is 0 Å². The predicted octanol–water partition coefficient (Wildman–Crippen LogP) is 1.52. The number of aliphatic hydroxyl groups excluding tert-OH is 1. The minimum atomic E-state index is -0.503. The fourth-order valence-electron chi connectivity index (χ4n) is 1.18. The van der Waals surface area contributed by atoms with E-state index in [1.807, 2.05) is 13.0 Å². The van der Waals surface area contributed by atoms with Gasteiger partial charge in [0.1, 0.15) is 6.61 Å². The number of rotatable bonds is 1. The van der Waals surface area contributed by atoms with Crippen LogP contribution in [0.2, 0.25) is 0 Å². The molecule has 2 N–H and O–H groups in total. The number of hydrogen-bond acceptors (Lipinski definition) is 3. The van der Waals surface area contributed by atoms with Crippen LogP contribution in [0.15, 0.2) is 18.2 Å². The van der Waals surface area contributed by atoms with Gasteiger partial charge in [-0.05, 0) is 30.7 Å². The van der Waals surface area contributed by atoms with Crippen LogP contribution in [0, 0.1) is 18.8 Å². The van der Waals surface area contributed by atoms with Crippen LogP contribution in [0.3, 0.4) is 0 Å². The Labute approximate surface area is 94.2 Å². The summed E-state index contributed by atoms with van der Waals surface area (Å²) in [5.74, 6) is 5.34. The van der Waals surface area contributed by atoms with Crippen LogP contribution in [0.4, 0.5) is 10.5 Å². The molecule has 0 spiro atoms. The van der Waals surface area contributed by atoms with E-state index in [0.29, 0.717) is 5.69 Å². The number of anilines is 1. The number of carbonyl (C=O) groups excluding carboxylic acids is 1. The molecule has 1 rings (SSSR count). The average molecular weight is 219 g/mol. The van der Waals surface area contributed by atoms with Crippen LogP contribution < -0.4 is 5.32 Å². The van der Waals surface area contributed by atoms with Crippen LogP contribution in [-0.4, -0.2) is 24.9 Å². The van der Waals surface area contributed by atoms with Gasteiger partial charge in [-0.15, -0.1) is 0 Å². The summed E-state index contributed by atoms with van der Waals surface area (Å²) >= 11 is 0. The first kappa shape index (κ1) is 12.1. The van der Waals surface area contributed by atoms with Crippen molar-refractivity contribution in [1.82, 2.24) is 0 Å². The zero-order valence-corrected chi connectivity index (χ0v) is 9.20. The summed E-state index contributed by atoms with van der Waals surface area (Å²) in [6, 6.07) is 5.34. The second kappa shape index (κ2) is 5.79. The molecule has 0 fully saturated rings. The smallest absolute Gasteiger partial charge is 0.411 e. The third-order valence-corrected chi connectivity index (χ3v) is 1.96. The van der Waals surface area contributed by atoms with Gasteiger partial charge in [0, 0.05) is 11.3 Å². The van der Waals surface area contributed by atoms with Crippen molar-refractivity contribution < 1.29 is 14.6 Å². The number of aliphatic hydroxyl groups is 1. The lowest BCUT2D eigenvalue weighted by atomic mass is 10.1. The number of benzene rings is 1. The third-order valence-electron chi connectivity index (χ3n) is 1.96. The van der Waals surface area contributed by atoms with E-state index in [0.717, 1.165) is 11.1 Å². The SMILES string of the molecule is COC(=O)Nc1ccc(C#CCO)cc1C. The van der Waals surface area contributed by atoms with Crippen molar-refractivity contribution in [3.8, 4) is 11.8 Å². The normalized spacial score (nSPS) is 8.94. The molecule has 84 valence electrons. The average Bonchev–Trinajstić information content (AvgIpc) is 2.29. The van der Waals surface area contributed by atoms with E-state index in [1.165, 1.54) is 7.11 Å². The van der Waals surface area contributed by atoms with Gasteiger partial charge < -0.3 is 9.84 Å². The Kier molecular flexibility index (Phi) is 4.37. The highest BCUT2D eigenvalue weighted by atomic mass is 16.5. The molecule has 0 unspecified atom stereocenters. The Morgan fingerprint density at radius 1 is 1.56 bits per heavy atom. The van der Waals surface area contributed by atoms with E-state index in [4.69, 9.17) is 5.11 Å². The lowest BCUT2D eigenvalue weighted by molar-refractivity contribution is 0.187. The molecule has 4 heteroatoms. The molecule has 16 heavy (non-hydrogen) atoms. The standard InChI is InChI=1S/C12H13NO3/c1-9-8-10(4-3-7-14)5-6-11(9)13-12(15)16-2/h5-6,8,14H,7H2,1-2H3,(H,13,15). The van der Waals surface area contributed by atoms with Crippen molar-refractivity contribution in [2.24, 2.45) is 0 Å². The highest BCUT2D eigenvalue weighted by Gasteiger charge is 2.03. The van der Waals surface area contributed by atoms with E-state index in [-0.39, 0.29) is 6.61 Å². The van der Waals surface area contributed by atoms with Crippen LogP contribution in [0.1, 0.15) is 11.1 Å². The molecule has 1 aromatic rings. The number of ether oxygens (including phenoxy) is 1. The van der Waals surface area contributed by atoms with Gasteiger partial charge in [-0.1, -0.05) is 11.8 Å². The fourth-order valence-corrected chi connectivity index (χ4v) is 1.18. The zero-order valence-electron chi connectivity index (χ0n) is 9.20.